The second-order valence-corrected chi connectivity index (χ2v) is 6.64. The van der Waals surface area contributed by atoms with Gasteiger partial charge in [-0.15, -0.1) is 0 Å². The molecule has 0 unspecified atom stereocenters. The number of benzene rings is 1. The van der Waals surface area contributed by atoms with Crippen molar-refractivity contribution < 1.29 is 19.1 Å². The number of nitrogens with zero attached hydrogens (tertiary/aromatic N) is 1. The molecule has 1 aromatic carbocycles. The summed E-state index contributed by atoms with van der Waals surface area (Å²) in [6, 6.07) is 7.36. The molecule has 1 fully saturated rings. The van der Waals surface area contributed by atoms with Crippen LogP contribution in [0.15, 0.2) is 24.3 Å². The maximum Gasteiger partial charge on any atom is 0.325 e. The molecule has 1 N–H and O–H groups in total. The normalized spacial score (nSPS) is 20.0. The van der Waals surface area contributed by atoms with Crippen molar-refractivity contribution in [2.45, 2.75) is 52.1 Å². The Labute approximate surface area is 148 Å². The summed E-state index contributed by atoms with van der Waals surface area (Å²) >= 11 is 0. The molecule has 0 aliphatic carbocycles. The fraction of sp³-hybridized carbons (Fsp3) is 0.526. The van der Waals surface area contributed by atoms with Gasteiger partial charge in [-0.25, -0.2) is 0 Å². The fourth-order valence-corrected chi connectivity index (χ4v) is 3.14. The molecule has 2 amide bonds. The molecule has 25 heavy (non-hydrogen) atoms. The maximum atomic E-state index is 12.3. The van der Waals surface area contributed by atoms with E-state index in [0.717, 1.165) is 24.8 Å². The quantitative estimate of drug-likeness (QED) is 0.828. The zero-order valence-electron chi connectivity index (χ0n) is 15.1. The predicted octanol–water partition coefficient (Wildman–Crippen LogP) is 2.06. The van der Waals surface area contributed by atoms with Crippen LogP contribution in [0.2, 0.25) is 0 Å². The van der Waals surface area contributed by atoms with Crippen molar-refractivity contribution in [2.75, 3.05) is 13.2 Å². The minimum Gasteiger partial charge on any atom is -0.454 e. The summed E-state index contributed by atoms with van der Waals surface area (Å²) < 4.78 is 5.01. The lowest BCUT2D eigenvalue weighted by Gasteiger charge is -2.38. The molecule has 0 aromatic heterocycles. The van der Waals surface area contributed by atoms with E-state index in [0.29, 0.717) is 5.56 Å². The van der Waals surface area contributed by atoms with E-state index in [1.807, 2.05) is 32.9 Å². The molecule has 0 spiro atoms. The summed E-state index contributed by atoms with van der Waals surface area (Å²) in [5.74, 6) is -1.15. The number of rotatable bonds is 5. The van der Waals surface area contributed by atoms with Crippen LogP contribution in [0, 0.1) is 6.92 Å². The zero-order chi connectivity index (χ0) is 18.4. The average Bonchev–Trinajstić information content (AvgIpc) is 2.58. The Balaban J connectivity index is 1.75. The Kier molecular flexibility index (Phi) is 6.56. The van der Waals surface area contributed by atoms with Crippen molar-refractivity contribution in [3.05, 3.63) is 35.4 Å². The van der Waals surface area contributed by atoms with Crippen LogP contribution in [0.5, 0.6) is 0 Å². The SMILES string of the molecule is Cc1ccc(C(=O)NCC(=O)OCC(=O)N2[C@H](C)CCC[C@H]2C)cc1. The van der Waals surface area contributed by atoms with Crippen LogP contribution in [0.1, 0.15) is 49.0 Å². The van der Waals surface area contributed by atoms with Crippen LogP contribution in [0.4, 0.5) is 0 Å². The molecule has 6 nitrogen and oxygen atoms in total. The number of carbonyl (C=O) groups excluding carboxylic acids is 3. The molecule has 1 aliphatic heterocycles. The van der Waals surface area contributed by atoms with Gasteiger partial charge in [-0.2, -0.15) is 0 Å². The van der Waals surface area contributed by atoms with Gasteiger partial charge >= 0.3 is 5.97 Å². The fourth-order valence-electron chi connectivity index (χ4n) is 3.14. The molecule has 6 heteroatoms. The van der Waals surface area contributed by atoms with E-state index in [4.69, 9.17) is 4.74 Å². The molecule has 1 saturated heterocycles. The van der Waals surface area contributed by atoms with Gasteiger partial charge in [0.05, 0.1) is 0 Å². The minimum atomic E-state index is -0.619. The second kappa shape index (κ2) is 8.65. The Morgan fingerprint density at radius 1 is 1.12 bits per heavy atom. The Morgan fingerprint density at radius 2 is 1.72 bits per heavy atom. The number of hydrogen-bond acceptors (Lipinski definition) is 4. The van der Waals surface area contributed by atoms with E-state index in [1.54, 1.807) is 17.0 Å². The summed E-state index contributed by atoms with van der Waals surface area (Å²) in [6.45, 7) is 5.41. The Morgan fingerprint density at radius 3 is 2.32 bits per heavy atom. The van der Waals surface area contributed by atoms with Gasteiger partial charge in [0, 0.05) is 17.6 Å². The van der Waals surface area contributed by atoms with Gasteiger partial charge in [0.15, 0.2) is 6.61 Å². The topological polar surface area (TPSA) is 75.7 Å². The lowest BCUT2D eigenvalue weighted by Crippen LogP contribution is -2.49. The van der Waals surface area contributed by atoms with Gasteiger partial charge in [-0.1, -0.05) is 17.7 Å². The molecular weight excluding hydrogens is 320 g/mol. The number of piperidine rings is 1. The summed E-state index contributed by atoms with van der Waals surface area (Å²) in [4.78, 5) is 37.8. The third-order valence-corrected chi connectivity index (χ3v) is 4.55. The van der Waals surface area contributed by atoms with E-state index in [-0.39, 0.29) is 37.0 Å². The van der Waals surface area contributed by atoms with Gasteiger partial charge in [0.1, 0.15) is 6.54 Å². The first kappa shape index (κ1) is 19.0. The van der Waals surface area contributed by atoms with Crippen molar-refractivity contribution in [1.82, 2.24) is 10.2 Å². The van der Waals surface area contributed by atoms with Crippen LogP contribution >= 0.6 is 0 Å². The minimum absolute atomic E-state index is 0.163. The highest BCUT2D eigenvalue weighted by molar-refractivity contribution is 5.96. The molecule has 0 radical (unpaired) electrons. The largest absolute Gasteiger partial charge is 0.454 e. The summed E-state index contributed by atoms with van der Waals surface area (Å²) in [5, 5.41) is 2.50. The van der Waals surface area contributed by atoms with Crippen LogP contribution in [-0.2, 0) is 14.3 Å². The standard InChI is InChI=1S/C19H26N2O4/c1-13-7-9-16(10-8-13)19(24)20-11-18(23)25-12-17(22)21-14(2)5-4-6-15(21)3/h7-10,14-15H,4-6,11-12H2,1-3H3,(H,20,24)/t14-,15-/m1/s1. The van der Waals surface area contributed by atoms with Crippen molar-refractivity contribution in [3.63, 3.8) is 0 Å². The number of carbonyl (C=O) groups is 3. The number of likely N-dealkylation sites (tertiary alicyclic amines) is 1. The number of nitrogens with one attached hydrogen (secondary N) is 1. The van der Waals surface area contributed by atoms with Gasteiger partial charge in [-0.3, -0.25) is 14.4 Å². The Bertz CT molecular complexity index is 617. The van der Waals surface area contributed by atoms with Gasteiger partial charge in [0.2, 0.25) is 0 Å². The van der Waals surface area contributed by atoms with Crippen LogP contribution in [0.3, 0.4) is 0 Å². The first-order chi connectivity index (χ1) is 11.9. The maximum absolute atomic E-state index is 12.3. The summed E-state index contributed by atoms with van der Waals surface area (Å²) in [7, 11) is 0. The molecule has 2 rings (SSSR count). The third-order valence-electron chi connectivity index (χ3n) is 4.55. The van der Waals surface area contributed by atoms with E-state index in [1.165, 1.54) is 0 Å². The van der Waals surface area contributed by atoms with Gasteiger partial charge in [0.25, 0.3) is 11.8 Å². The highest BCUT2D eigenvalue weighted by Gasteiger charge is 2.29. The molecular formula is C19H26N2O4. The Hall–Kier alpha value is -2.37. The molecule has 1 aliphatic rings. The lowest BCUT2D eigenvalue weighted by molar-refractivity contribution is -0.154. The molecule has 136 valence electrons. The van der Waals surface area contributed by atoms with Crippen molar-refractivity contribution in [3.8, 4) is 0 Å². The van der Waals surface area contributed by atoms with Crippen LogP contribution < -0.4 is 5.32 Å². The molecule has 0 bridgehead atoms. The summed E-state index contributed by atoms with van der Waals surface area (Å²) in [5.41, 5.74) is 1.53. The number of esters is 1. The number of amides is 2. The highest BCUT2D eigenvalue weighted by atomic mass is 16.5. The molecule has 0 saturated carbocycles. The zero-order valence-corrected chi connectivity index (χ0v) is 15.1. The number of ether oxygens (including phenoxy) is 1. The van der Waals surface area contributed by atoms with E-state index in [2.05, 4.69) is 5.32 Å². The van der Waals surface area contributed by atoms with E-state index >= 15 is 0 Å². The van der Waals surface area contributed by atoms with E-state index in [9.17, 15) is 14.4 Å². The van der Waals surface area contributed by atoms with Crippen LogP contribution in [0.25, 0.3) is 0 Å². The van der Waals surface area contributed by atoms with Crippen molar-refractivity contribution >= 4 is 17.8 Å². The molecule has 2 atom stereocenters. The predicted molar refractivity (Wildman–Crippen MR) is 94.1 cm³/mol. The number of hydrogen-bond donors (Lipinski definition) is 1. The van der Waals surface area contributed by atoms with Crippen molar-refractivity contribution in [2.24, 2.45) is 0 Å². The van der Waals surface area contributed by atoms with Crippen LogP contribution in [-0.4, -0.2) is 47.9 Å². The molecule has 1 heterocycles. The average molecular weight is 346 g/mol. The molecule has 1 aromatic rings. The monoisotopic (exact) mass is 346 g/mol. The first-order valence-electron chi connectivity index (χ1n) is 8.70. The van der Waals surface area contributed by atoms with Crippen molar-refractivity contribution in [1.29, 1.82) is 0 Å². The second-order valence-electron chi connectivity index (χ2n) is 6.64. The lowest BCUT2D eigenvalue weighted by atomic mass is 9.97. The summed E-state index contributed by atoms with van der Waals surface area (Å²) in [6.07, 6.45) is 3.05. The van der Waals surface area contributed by atoms with Gasteiger partial charge < -0.3 is 15.0 Å². The smallest absolute Gasteiger partial charge is 0.325 e. The van der Waals surface area contributed by atoms with E-state index < -0.39 is 5.97 Å². The van der Waals surface area contributed by atoms with Gasteiger partial charge in [-0.05, 0) is 52.2 Å². The first-order valence-corrected chi connectivity index (χ1v) is 8.70. The third kappa shape index (κ3) is 5.31. The number of aryl methyl sites for hydroxylation is 1. The highest BCUT2D eigenvalue weighted by Crippen LogP contribution is 2.22.